The third-order valence-corrected chi connectivity index (χ3v) is 6.92. The van der Waals surface area contributed by atoms with E-state index in [1.165, 1.54) is 0 Å². The van der Waals surface area contributed by atoms with Crippen molar-refractivity contribution in [2.24, 2.45) is 0 Å². The van der Waals surface area contributed by atoms with Crippen LogP contribution >= 0.6 is 0 Å². The summed E-state index contributed by atoms with van der Waals surface area (Å²) in [5.74, 6) is 2.09. The van der Waals surface area contributed by atoms with E-state index >= 15 is 0 Å². The van der Waals surface area contributed by atoms with Crippen LogP contribution in [0.4, 0.5) is 5.82 Å². The van der Waals surface area contributed by atoms with Crippen LogP contribution in [-0.2, 0) is 16.4 Å². The average molecular weight is 418 g/mol. The van der Waals surface area contributed by atoms with Crippen molar-refractivity contribution < 1.29 is 8.42 Å². The maximum Gasteiger partial charge on any atom is 0.179 e. The molecule has 1 aliphatic rings. The fourth-order valence-electron chi connectivity index (χ4n) is 3.46. The van der Waals surface area contributed by atoms with E-state index in [2.05, 4.69) is 16.4 Å². The van der Waals surface area contributed by atoms with E-state index in [4.69, 9.17) is 4.98 Å². The molecule has 0 radical (unpaired) electrons. The minimum absolute atomic E-state index is 0.0697. The van der Waals surface area contributed by atoms with Gasteiger partial charge in [0, 0.05) is 39.2 Å². The second-order valence-electron chi connectivity index (χ2n) is 7.87. The van der Waals surface area contributed by atoms with Crippen molar-refractivity contribution in [3.63, 3.8) is 0 Å². The maximum atomic E-state index is 12.5. The Kier molecular flexibility index (Phi) is 7.21. The van der Waals surface area contributed by atoms with Gasteiger partial charge in [0.25, 0.3) is 0 Å². The lowest BCUT2D eigenvalue weighted by atomic mass is 9.96. The molecule has 3 rings (SSSR count). The van der Waals surface area contributed by atoms with Gasteiger partial charge in [0.1, 0.15) is 11.6 Å². The highest BCUT2D eigenvalue weighted by molar-refractivity contribution is 7.91. The topological polar surface area (TPSA) is 78.4 Å². The number of hydrogen-bond acceptors (Lipinski definition) is 7. The van der Waals surface area contributed by atoms with Gasteiger partial charge in [-0.3, -0.25) is 4.90 Å². The van der Waals surface area contributed by atoms with E-state index in [-0.39, 0.29) is 5.75 Å². The highest BCUT2D eigenvalue weighted by Crippen LogP contribution is 2.24. The highest BCUT2D eigenvalue weighted by atomic mass is 32.2. The van der Waals surface area contributed by atoms with E-state index in [0.717, 1.165) is 43.3 Å². The predicted octanol–water partition coefficient (Wildman–Crippen LogP) is 1.92. The van der Waals surface area contributed by atoms with Crippen LogP contribution in [0.25, 0.3) is 0 Å². The summed E-state index contributed by atoms with van der Waals surface area (Å²) in [4.78, 5) is 13.8. The monoisotopic (exact) mass is 417 g/mol. The van der Waals surface area contributed by atoms with Gasteiger partial charge in [0.15, 0.2) is 9.84 Å². The van der Waals surface area contributed by atoms with Crippen molar-refractivity contribution >= 4 is 15.7 Å². The van der Waals surface area contributed by atoms with Gasteiger partial charge in [-0.05, 0) is 38.6 Å². The first-order valence-electron chi connectivity index (χ1n) is 10.1. The minimum Gasteiger partial charge on any atom is -0.363 e. The lowest BCUT2D eigenvalue weighted by Crippen LogP contribution is -2.30. The zero-order valence-corrected chi connectivity index (χ0v) is 18.3. The number of piperidine rings is 1. The maximum absolute atomic E-state index is 12.5. The third-order valence-electron chi connectivity index (χ3n) is 5.21. The number of anilines is 1. The zero-order chi connectivity index (χ0) is 20.9. The van der Waals surface area contributed by atoms with E-state index in [9.17, 15) is 8.42 Å². The number of aromatic nitrogens is 2. The molecule has 1 aromatic carbocycles. The molecule has 1 atom stereocenters. The summed E-state index contributed by atoms with van der Waals surface area (Å²) in [6.45, 7) is 2.94. The molecule has 7 nitrogen and oxygen atoms in total. The van der Waals surface area contributed by atoms with Crippen molar-refractivity contribution in [3.05, 3.63) is 47.9 Å². The summed E-state index contributed by atoms with van der Waals surface area (Å²) in [5, 5.41) is 3.44. The first kappa shape index (κ1) is 21.7. The number of nitrogens with one attached hydrogen (secondary N) is 1. The normalized spacial score (nSPS) is 17.4. The van der Waals surface area contributed by atoms with Crippen LogP contribution in [0.3, 0.4) is 0 Å². The van der Waals surface area contributed by atoms with E-state index < -0.39 is 9.84 Å². The molecule has 158 valence electrons. The van der Waals surface area contributed by atoms with Crippen LogP contribution in [0.15, 0.2) is 41.3 Å². The second kappa shape index (κ2) is 9.65. The molecule has 1 aliphatic heterocycles. The Hall–Kier alpha value is -2.03. The molecule has 29 heavy (non-hydrogen) atoms. The summed E-state index contributed by atoms with van der Waals surface area (Å²) in [7, 11) is 2.57. The lowest BCUT2D eigenvalue weighted by Gasteiger charge is -2.24. The van der Waals surface area contributed by atoms with Crippen LogP contribution < -0.4 is 10.2 Å². The third kappa shape index (κ3) is 5.98. The number of sulfone groups is 1. The molecule has 2 aromatic rings. The fourth-order valence-corrected chi connectivity index (χ4v) is 4.82. The molecule has 1 aromatic heterocycles. The summed E-state index contributed by atoms with van der Waals surface area (Å²) < 4.78 is 25.0. The molecule has 1 N–H and O–H groups in total. The second-order valence-corrected chi connectivity index (χ2v) is 9.98. The van der Waals surface area contributed by atoms with Crippen LogP contribution in [0.5, 0.6) is 0 Å². The van der Waals surface area contributed by atoms with E-state index in [0.29, 0.717) is 23.9 Å². The van der Waals surface area contributed by atoms with Crippen molar-refractivity contribution in [2.45, 2.75) is 30.2 Å². The molecule has 0 amide bonds. The molecule has 0 saturated carbocycles. The van der Waals surface area contributed by atoms with Gasteiger partial charge in [-0.25, -0.2) is 18.4 Å². The molecule has 0 bridgehead atoms. The van der Waals surface area contributed by atoms with Gasteiger partial charge in [-0.15, -0.1) is 0 Å². The molecule has 0 spiro atoms. The van der Waals surface area contributed by atoms with Crippen molar-refractivity contribution in [1.82, 2.24) is 20.2 Å². The lowest BCUT2D eigenvalue weighted by molar-refractivity contribution is 0.335. The Morgan fingerprint density at radius 1 is 1.14 bits per heavy atom. The van der Waals surface area contributed by atoms with Gasteiger partial charge >= 0.3 is 0 Å². The molecule has 1 saturated heterocycles. The highest BCUT2D eigenvalue weighted by Gasteiger charge is 2.20. The largest absolute Gasteiger partial charge is 0.363 e. The number of nitrogens with zero attached hydrogens (tertiary/aromatic N) is 4. The molecule has 1 unspecified atom stereocenters. The summed E-state index contributed by atoms with van der Waals surface area (Å²) in [6, 6.07) is 10.7. The summed E-state index contributed by atoms with van der Waals surface area (Å²) in [5.41, 5.74) is 1.07. The van der Waals surface area contributed by atoms with Crippen molar-refractivity contribution in [3.8, 4) is 0 Å². The summed E-state index contributed by atoms with van der Waals surface area (Å²) >= 11 is 0. The molecular formula is C21H31N5O2S. The van der Waals surface area contributed by atoms with Gasteiger partial charge in [0.05, 0.1) is 22.9 Å². The van der Waals surface area contributed by atoms with Gasteiger partial charge in [-0.2, -0.15) is 0 Å². The average Bonchev–Trinajstić information content (AvgIpc) is 2.73. The molecule has 1 fully saturated rings. The van der Waals surface area contributed by atoms with Crippen molar-refractivity contribution in [1.29, 1.82) is 0 Å². The van der Waals surface area contributed by atoms with E-state index in [1.807, 2.05) is 37.0 Å². The van der Waals surface area contributed by atoms with Crippen molar-refractivity contribution in [2.75, 3.05) is 51.4 Å². The molecular weight excluding hydrogens is 386 g/mol. The van der Waals surface area contributed by atoms with Crippen LogP contribution in [-0.4, -0.2) is 69.8 Å². The molecule has 2 heterocycles. The number of hydrogen-bond donors (Lipinski definition) is 1. The molecule has 8 heteroatoms. The Bertz CT molecular complexity index is 897. The molecule has 0 aliphatic carbocycles. The van der Waals surface area contributed by atoms with Crippen LogP contribution in [0.2, 0.25) is 0 Å². The SMILES string of the molecule is CN(CCS(=O)(=O)c1ccccc1)Cc1nc(C2CCCNC2)cc(N(C)C)n1. The summed E-state index contributed by atoms with van der Waals surface area (Å²) in [6.07, 6.45) is 2.28. The van der Waals surface area contributed by atoms with Crippen LogP contribution in [0.1, 0.15) is 30.3 Å². The number of benzene rings is 1. The standard InChI is InChI=1S/C21H31N5O2S/c1-25(2)21-14-19(17-8-7-11-22-15-17)23-20(24-21)16-26(3)12-13-29(27,28)18-9-5-4-6-10-18/h4-6,9-10,14,17,22H,7-8,11-13,15-16H2,1-3H3. The predicted molar refractivity (Wildman–Crippen MR) is 116 cm³/mol. The van der Waals surface area contributed by atoms with Gasteiger partial charge < -0.3 is 10.2 Å². The first-order chi connectivity index (χ1) is 13.8. The van der Waals surface area contributed by atoms with Gasteiger partial charge in [0.2, 0.25) is 0 Å². The minimum atomic E-state index is -3.29. The Morgan fingerprint density at radius 2 is 1.90 bits per heavy atom. The fraction of sp³-hybridized carbons (Fsp3) is 0.524. The van der Waals surface area contributed by atoms with Gasteiger partial charge in [-0.1, -0.05) is 18.2 Å². The number of rotatable bonds is 8. The quantitative estimate of drug-likeness (QED) is 0.703. The van der Waals surface area contributed by atoms with E-state index in [1.54, 1.807) is 24.3 Å². The Morgan fingerprint density at radius 3 is 2.55 bits per heavy atom. The Balaban J connectivity index is 1.69. The first-order valence-corrected chi connectivity index (χ1v) is 11.7. The zero-order valence-electron chi connectivity index (χ0n) is 17.5. The smallest absolute Gasteiger partial charge is 0.179 e. The Labute approximate surface area is 174 Å². The van der Waals surface area contributed by atoms with Crippen LogP contribution in [0, 0.1) is 0 Å².